The van der Waals surface area contributed by atoms with Crippen molar-refractivity contribution in [2.24, 2.45) is 0 Å². The fraction of sp³-hybridized carbons (Fsp3) is 0.333. The third kappa shape index (κ3) is 5.59. The number of H-pyrrole nitrogens is 1. The molecule has 0 unspecified atom stereocenters. The number of hydrogen-bond acceptors (Lipinski definition) is 6. The number of hydrogen-bond donors (Lipinski definition) is 3. The first-order chi connectivity index (χ1) is 16.5. The van der Waals surface area contributed by atoms with E-state index in [0.717, 1.165) is 10.6 Å². The summed E-state index contributed by atoms with van der Waals surface area (Å²) in [6.07, 6.45) is -2.98. The molecule has 0 saturated heterocycles. The number of amides is 1. The fourth-order valence-corrected chi connectivity index (χ4v) is 3.23. The van der Waals surface area contributed by atoms with E-state index in [9.17, 15) is 32.7 Å². The largest absolute Gasteiger partial charge is 0.483 e. The van der Waals surface area contributed by atoms with Crippen LogP contribution in [0.1, 0.15) is 35.1 Å². The van der Waals surface area contributed by atoms with Crippen molar-refractivity contribution in [3.8, 4) is 11.4 Å². The summed E-state index contributed by atoms with van der Waals surface area (Å²) in [6, 6.07) is 2.77. The van der Waals surface area contributed by atoms with Crippen LogP contribution in [-0.4, -0.2) is 43.1 Å². The lowest BCUT2D eigenvalue weighted by atomic mass is 10.1. The Balaban J connectivity index is 2.12. The lowest BCUT2D eigenvalue weighted by molar-refractivity contribution is -0.153. The van der Waals surface area contributed by atoms with E-state index in [1.165, 1.54) is 19.2 Å². The maximum absolute atomic E-state index is 15.1. The Morgan fingerprint density at radius 1 is 1.29 bits per heavy atom. The zero-order valence-electron chi connectivity index (χ0n) is 18.6. The van der Waals surface area contributed by atoms with Crippen molar-refractivity contribution in [2.45, 2.75) is 39.6 Å². The van der Waals surface area contributed by atoms with Gasteiger partial charge in [0.25, 0.3) is 11.5 Å². The average Bonchev–Trinajstić information content (AvgIpc) is 3.10. The Bertz CT molecular complexity index is 1360. The minimum absolute atomic E-state index is 0.0883. The van der Waals surface area contributed by atoms with E-state index in [1.54, 1.807) is 6.92 Å². The van der Waals surface area contributed by atoms with Crippen molar-refractivity contribution in [1.82, 2.24) is 19.3 Å². The van der Waals surface area contributed by atoms with Gasteiger partial charge >= 0.3 is 11.9 Å². The number of nitrogens with one attached hydrogen (secondary N) is 2. The van der Waals surface area contributed by atoms with Gasteiger partial charge in [0.15, 0.2) is 12.4 Å². The van der Waals surface area contributed by atoms with Gasteiger partial charge in [-0.15, -0.1) is 5.10 Å². The lowest BCUT2D eigenvalue weighted by Gasteiger charge is -2.15. The number of anilines is 1. The fourth-order valence-electron chi connectivity index (χ4n) is 3.23. The third-order valence-corrected chi connectivity index (χ3v) is 4.85. The van der Waals surface area contributed by atoms with E-state index in [4.69, 9.17) is 4.74 Å². The number of aliphatic hydroxyl groups is 1. The van der Waals surface area contributed by atoms with Crippen molar-refractivity contribution in [1.29, 1.82) is 0 Å². The first-order valence-corrected chi connectivity index (χ1v) is 10.3. The number of rotatable bonds is 8. The predicted octanol–water partition coefficient (Wildman–Crippen LogP) is 2.27. The van der Waals surface area contributed by atoms with E-state index >= 15 is 4.39 Å². The van der Waals surface area contributed by atoms with Crippen LogP contribution in [0.5, 0.6) is 5.75 Å². The van der Waals surface area contributed by atoms with E-state index in [0.29, 0.717) is 22.7 Å². The van der Waals surface area contributed by atoms with Gasteiger partial charge in [-0.3, -0.25) is 14.2 Å². The Hall–Kier alpha value is -3.94. The molecular weight excluding hydrogens is 478 g/mol. The molecule has 2 heterocycles. The monoisotopic (exact) mass is 499 g/mol. The number of pyridine rings is 1. The van der Waals surface area contributed by atoms with Gasteiger partial charge in [0.2, 0.25) is 0 Å². The van der Waals surface area contributed by atoms with Gasteiger partial charge in [-0.25, -0.2) is 9.18 Å². The molecule has 0 bridgehead atoms. The number of benzene rings is 1. The molecule has 0 radical (unpaired) electrons. The number of aromatic amines is 1. The van der Waals surface area contributed by atoms with Crippen molar-refractivity contribution in [3.63, 3.8) is 0 Å². The van der Waals surface area contributed by atoms with Gasteiger partial charge in [-0.1, -0.05) is 6.92 Å². The number of aliphatic hydroxyl groups excluding tert-OH is 1. The van der Waals surface area contributed by atoms with Gasteiger partial charge in [-0.2, -0.15) is 17.9 Å². The Labute approximate surface area is 194 Å². The molecule has 35 heavy (non-hydrogen) atoms. The summed E-state index contributed by atoms with van der Waals surface area (Å²) in [4.78, 5) is 39.9. The number of halogens is 4. The molecule has 3 rings (SSSR count). The zero-order valence-corrected chi connectivity index (χ0v) is 18.6. The van der Waals surface area contributed by atoms with E-state index < -0.39 is 59.4 Å². The second kappa shape index (κ2) is 10.1. The van der Waals surface area contributed by atoms with Gasteiger partial charge in [-0.05, 0) is 31.0 Å². The number of ether oxygens (including phenoxy) is 1. The molecule has 0 atom stereocenters. The first-order valence-electron chi connectivity index (χ1n) is 10.3. The van der Waals surface area contributed by atoms with Gasteiger partial charge in [0.05, 0.1) is 5.56 Å². The van der Waals surface area contributed by atoms with Gasteiger partial charge in [0, 0.05) is 18.8 Å². The Kier molecular flexibility index (Phi) is 7.43. The van der Waals surface area contributed by atoms with Crippen LogP contribution in [0.15, 0.2) is 34.0 Å². The number of aromatic nitrogens is 4. The molecular formula is C21H21F4N5O5. The number of carbonyl (C=O) groups is 1. The number of nitrogens with zero attached hydrogens (tertiary/aromatic N) is 3. The van der Waals surface area contributed by atoms with Crippen LogP contribution in [0, 0.1) is 12.7 Å². The molecule has 2 aromatic heterocycles. The predicted molar refractivity (Wildman–Crippen MR) is 115 cm³/mol. The molecule has 0 spiro atoms. The molecule has 0 fully saturated rings. The second-order valence-electron chi connectivity index (χ2n) is 7.44. The number of aryl methyl sites for hydroxylation is 1. The second-order valence-corrected chi connectivity index (χ2v) is 7.44. The van der Waals surface area contributed by atoms with E-state index in [-0.39, 0.29) is 18.1 Å². The normalized spacial score (nSPS) is 11.5. The number of alkyl halides is 3. The van der Waals surface area contributed by atoms with Crippen molar-refractivity contribution >= 4 is 11.6 Å². The topological polar surface area (TPSA) is 131 Å². The molecule has 0 aliphatic heterocycles. The molecule has 0 aliphatic carbocycles. The molecule has 0 saturated carbocycles. The maximum atomic E-state index is 15.1. The highest BCUT2D eigenvalue weighted by Crippen LogP contribution is 2.28. The highest BCUT2D eigenvalue weighted by molar-refractivity contribution is 6.06. The SMILES string of the molecule is CCCn1c(CO)nn(-c2cc(OCC(F)(F)F)c(C(=O)Nc3c(C)cc[nH]c3=O)cc2F)c1=O. The van der Waals surface area contributed by atoms with Crippen LogP contribution in [0.2, 0.25) is 0 Å². The molecule has 188 valence electrons. The lowest BCUT2D eigenvalue weighted by Crippen LogP contribution is -2.26. The smallest absolute Gasteiger partial charge is 0.422 e. The highest BCUT2D eigenvalue weighted by Gasteiger charge is 2.30. The highest BCUT2D eigenvalue weighted by atomic mass is 19.4. The number of carbonyl (C=O) groups excluding carboxylic acids is 1. The average molecular weight is 499 g/mol. The molecule has 3 aromatic rings. The van der Waals surface area contributed by atoms with Crippen LogP contribution in [-0.2, 0) is 13.2 Å². The van der Waals surface area contributed by atoms with Crippen LogP contribution >= 0.6 is 0 Å². The van der Waals surface area contributed by atoms with Crippen LogP contribution in [0.4, 0.5) is 23.2 Å². The minimum Gasteiger partial charge on any atom is -0.483 e. The summed E-state index contributed by atoms with van der Waals surface area (Å²) in [7, 11) is 0. The zero-order chi connectivity index (χ0) is 25.9. The van der Waals surface area contributed by atoms with E-state index in [2.05, 4.69) is 15.4 Å². The quantitative estimate of drug-likeness (QED) is 0.408. The van der Waals surface area contributed by atoms with Crippen LogP contribution in [0.25, 0.3) is 5.69 Å². The molecule has 3 N–H and O–H groups in total. The van der Waals surface area contributed by atoms with Crippen molar-refractivity contribution in [3.05, 3.63) is 68.0 Å². The van der Waals surface area contributed by atoms with Crippen LogP contribution < -0.4 is 21.3 Å². The molecule has 1 amide bonds. The minimum atomic E-state index is -4.79. The molecule has 0 aliphatic rings. The van der Waals surface area contributed by atoms with Crippen LogP contribution in [0.3, 0.4) is 0 Å². The molecule has 1 aromatic carbocycles. The maximum Gasteiger partial charge on any atom is 0.422 e. The summed E-state index contributed by atoms with van der Waals surface area (Å²) in [6.45, 7) is 0.950. The summed E-state index contributed by atoms with van der Waals surface area (Å²) >= 11 is 0. The van der Waals surface area contributed by atoms with Crippen molar-refractivity contribution in [2.75, 3.05) is 11.9 Å². The Morgan fingerprint density at radius 2 is 2.00 bits per heavy atom. The molecule has 10 nitrogen and oxygen atoms in total. The van der Waals surface area contributed by atoms with Gasteiger partial charge < -0.3 is 20.1 Å². The summed E-state index contributed by atoms with van der Waals surface area (Å²) < 4.78 is 60.0. The van der Waals surface area contributed by atoms with Gasteiger partial charge in [0.1, 0.15) is 29.5 Å². The molecule has 14 heteroatoms. The standard InChI is InChI=1S/C21H21F4N5O5/c1-3-6-29-16(9-31)28-30(20(29)34)14-8-15(35-10-21(23,24)25)12(7-13(14)22)18(32)27-17-11(2)4-5-26-19(17)33/h4-5,7-8,31H,3,6,9-10H2,1-2H3,(H,26,33)(H,27,32). The van der Waals surface area contributed by atoms with Crippen molar-refractivity contribution < 1.29 is 32.2 Å². The summed E-state index contributed by atoms with van der Waals surface area (Å²) in [5, 5.41) is 15.6. The first kappa shape index (κ1) is 25.7. The third-order valence-electron chi connectivity index (χ3n) is 4.85. The van der Waals surface area contributed by atoms with E-state index in [1.807, 2.05) is 0 Å². The summed E-state index contributed by atoms with van der Waals surface area (Å²) in [5.41, 5.74) is -2.62. The Morgan fingerprint density at radius 3 is 2.60 bits per heavy atom. The summed E-state index contributed by atoms with van der Waals surface area (Å²) in [5.74, 6) is -3.09.